The number of nitrogens with two attached hydrogens (primary N) is 1. The summed E-state index contributed by atoms with van der Waals surface area (Å²) >= 11 is 0. The number of rotatable bonds is 5. The predicted octanol–water partition coefficient (Wildman–Crippen LogP) is 4.70. The molecule has 3 aromatic rings. The van der Waals surface area contributed by atoms with Crippen molar-refractivity contribution in [1.82, 2.24) is 4.90 Å². The lowest BCUT2D eigenvalue weighted by Crippen LogP contribution is -2.47. The van der Waals surface area contributed by atoms with Crippen LogP contribution in [0, 0.1) is 0 Å². The summed E-state index contributed by atoms with van der Waals surface area (Å²) in [4.78, 5) is 7.08. The molecule has 0 radical (unpaired) electrons. The summed E-state index contributed by atoms with van der Waals surface area (Å²) in [6, 6.07) is 32.2. The molecule has 3 heteroatoms. The lowest BCUT2D eigenvalue weighted by atomic mass is 9.75. The standard InChI is InChI=1S/C26H25N3/c27-25(16-17-25)24-20-29(19-18-28-24)26(21-10-4-1-5-11-21,22-12-6-2-7-13-22)23-14-8-3-9-15-23/h1-15,18,20H,16-17,19,27H2. The van der Waals surface area contributed by atoms with Crippen molar-refractivity contribution in [2.75, 3.05) is 6.54 Å². The molecular weight excluding hydrogens is 354 g/mol. The first-order valence-electron chi connectivity index (χ1n) is 10.2. The third kappa shape index (κ3) is 2.99. The van der Waals surface area contributed by atoms with Crippen LogP contribution in [0.1, 0.15) is 29.5 Å². The molecule has 1 heterocycles. The van der Waals surface area contributed by atoms with Gasteiger partial charge in [-0.2, -0.15) is 0 Å². The topological polar surface area (TPSA) is 41.6 Å². The van der Waals surface area contributed by atoms with Gasteiger partial charge < -0.3 is 10.6 Å². The quantitative estimate of drug-likeness (QED) is 0.653. The van der Waals surface area contributed by atoms with E-state index < -0.39 is 5.54 Å². The predicted molar refractivity (Wildman–Crippen MR) is 119 cm³/mol. The fourth-order valence-electron chi connectivity index (χ4n) is 4.38. The summed E-state index contributed by atoms with van der Waals surface area (Å²) in [6.45, 7) is 0.720. The molecule has 0 aromatic heterocycles. The van der Waals surface area contributed by atoms with Gasteiger partial charge in [-0.1, -0.05) is 91.0 Å². The van der Waals surface area contributed by atoms with E-state index in [4.69, 9.17) is 5.73 Å². The zero-order valence-electron chi connectivity index (χ0n) is 16.4. The Bertz CT molecular complexity index is 938. The molecule has 0 unspecified atom stereocenters. The van der Waals surface area contributed by atoms with Gasteiger partial charge in [0, 0.05) is 12.4 Å². The zero-order chi connectivity index (χ0) is 19.7. The van der Waals surface area contributed by atoms with Crippen molar-refractivity contribution in [2.45, 2.75) is 23.9 Å². The first-order chi connectivity index (χ1) is 14.2. The van der Waals surface area contributed by atoms with Crippen molar-refractivity contribution >= 4 is 6.21 Å². The second kappa shape index (κ2) is 7.02. The van der Waals surface area contributed by atoms with Crippen LogP contribution in [0.25, 0.3) is 0 Å². The van der Waals surface area contributed by atoms with Crippen LogP contribution < -0.4 is 5.73 Å². The van der Waals surface area contributed by atoms with Gasteiger partial charge in [0.1, 0.15) is 5.54 Å². The van der Waals surface area contributed by atoms with E-state index in [1.807, 2.05) is 6.21 Å². The fourth-order valence-corrected chi connectivity index (χ4v) is 4.38. The lowest BCUT2D eigenvalue weighted by Gasteiger charge is -2.46. The molecule has 0 bridgehead atoms. The maximum Gasteiger partial charge on any atom is 0.116 e. The Morgan fingerprint density at radius 1 is 0.724 bits per heavy atom. The minimum absolute atomic E-state index is 0.273. The highest BCUT2D eigenvalue weighted by molar-refractivity contribution is 5.66. The second-order valence-corrected chi connectivity index (χ2v) is 7.94. The van der Waals surface area contributed by atoms with Crippen LogP contribution in [0.4, 0.5) is 0 Å². The molecule has 0 saturated heterocycles. The summed E-state index contributed by atoms with van der Waals surface area (Å²) in [5, 5.41) is 0. The van der Waals surface area contributed by atoms with Crippen molar-refractivity contribution < 1.29 is 0 Å². The number of aliphatic imine (C=N–C) groups is 1. The van der Waals surface area contributed by atoms with Gasteiger partial charge in [-0.15, -0.1) is 0 Å². The van der Waals surface area contributed by atoms with Gasteiger partial charge >= 0.3 is 0 Å². The smallest absolute Gasteiger partial charge is 0.116 e. The average molecular weight is 380 g/mol. The van der Waals surface area contributed by atoms with Gasteiger partial charge in [0.15, 0.2) is 0 Å². The maximum absolute atomic E-state index is 6.53. The SMILES string of the molecule is NC1(C2=CN(C(c3ccccc3)(c3ccccc3)c3ccccc3)CC=N2)CC1. The van der Waals surface area contributed by atoms with Gasteiger partial charge in [-0.3, -0.25) is 4.99 Å². The van der Waals surface area contributed by atoms with Gasteiger partial charge in [-0.05, 0) is 29.5 Å². The van der Waals surface area contributed by atoms with E-state index in [2.05, 4.69) is 107 Å². The molecule has 2 aliphatic rings. The van der Waals surface area contributed by atoms with Crippen LogP contribution in [0.15, 0.2) is 108 Å². The Morgan fingerprint density at radius 3 is 1.59 bits per heavy atom. The van der Waals surface area contributed by atoms with Gasteiger partial charge in [0.05, 0.1) is 17.8 Å². The molecule has 1 saturated carbocycles. The molecular formula is C26H25N3. The first-order valence-corrected chi connectivity index (χ1v) is 10.2. The van der Waals surface area contributed by atoms with Crippen LogP contribution in [0.3, 0.4) is 0 Å². The third-order valence-electron chi connectivity index (χ3n) is 6.09. The van der Waals surface area contributed by atoms with E-state index in [9.17, 15) is 0 Å². The Kier molecular flexibility index (Phi) is 4.33. The van der Waals surface area contributed by atoms with E-state index in [-0.39, 0.29) is 5.54 Å². The van der Waals surface area contributed by atoms with Crippen molar-refractivity contribution in [1.29, 1.82) is 0 Å². The molecule has 1 aliphatic carbocycles. The Morgan fingerprint density at radius 2 is 1.17 bits per heavy atom. The normalized spacial score (nSPS) is 17.7. The fraction of sp³-hybridized carbons (Fsp3) is 0.192. The highest BCUT2D eigenvalue weighted by Gasteiger charge is 2.46. The molecule has 1 fully saturated rings. The number of hydrogen-bond acceptors (Lipinski definition) is 3. The molecule has 5 rings (SSSR count). The average Bonchev–Trinajstić information content (AvgIpc) is 3.56. The number of hydrogen-bond donors (Lipinski definition) is 1. The Hall–Kier alpha value is -3.17. The minimum Gasteiger partial charge on any atom is -0.353 e. The minimum atomic E-state index is -0.466. The zero-order valence-corrected chi connectivity index (χ0v) is 16.4. The summed E-state index contributed by atoms with van der Waals surface area (Å²) in [6.07, 6.45) is 6.20. The molecule has 3 nitrogen and oxygen atoms in total. The Labute approximate surface area is 172 Å². The molecule has 3 aromatic carbocycles. The molecule has 2 N–H and O–H groups in total. The molecule has 144 valence electrons. The van der Waals surface area contributed by atoms with E-state index >= 15 is 0 Å². The molecule has 1 aliphatic heterocycles. The van der Waals surface area contributed by atoms with Crippen LogP contribution in [-0.2, 0) is 5.54 Å². The second-order valence-electron chi connectivity index (χ2n) is 7.94. The van der Waals surface area contributed by atoms with E-state index in [0.29, 0.717) is 0 Å². The lowest BCUT2D eigenvalue weighted by molar-refractivity contribution is 0.257. The molecule has 0 spiro atoms. The van der Waals surface area contributed by atoms with Crippen molar-refractivity contribution in [2.24, 2.45) is 10.7 Å². The van der Waals surface area contributed by atoms with E-state index in [1.165, 1.54) is 16.7 Å². The van der Waals surface area contributed by atoms with Crippen LogP contribution in [-0.4, -0.2) is 23.2 Å². The molecule has 0 amide bonds. The van der Waals surface area contributed by atoms with Crippen molar-refractivity contribution in [3.8, 4) is 0 Å². The van der Waals surface area contributed by atoms with Crippen LogP contribution in [0.5, 0.6) is 0 Å². The van der Waals surface area contributed by atoms with Gasteiger partial charge in [0.2, 0.25) is 0 Å². The summed E-state index contributed by atoms with van der Waals surface area (Å²) in [5.41, 5.74) is 10.5. The largest absolute Gasteiger partial charge is 0.353 e. The highest BCUT2D eigenvalue weighted by atomic mass is 15.2. The number of benzene rings is 3. The van der Waals surface area contributed by atoms with Gasteiger partial charge in [-0.25, -0.2) is 0 Å². The van der Waals surface area contributed by atoms with Crippen LogP contribution in [0.2, 0.25) is 0 Å². The summed E-state index contributed by atoms with van der Waals surface area (Å²) in [5.74, 6) is 0. The summed E-state index contributed by atoms with van der Waals surface area (Å²) in [7, 11) is 0. The monoisotopic (exact) mass is 379 g/mol. The van der Waals surface area contributed by atoms with E-state index in [1.54, 1.807) is 0 Å². The number of nitrogens with zero attached hydrogens (tertiary/aromatic N) is 2. The molecule has 29 heavy (non-hydrogen) atoms. The van der Waals surface area contributed by atoms with Crippen molar-refractivity contribution in [3.63, 3.8) is 0 Å². The highest BCUT2D eigenvalue weighted by Crippen LogP contribution is 2.46. The molecule has 0 atom stereocenters. The van der Waals surface area contributed by atoms with E-state index in [0.717, 1.165) is 25.1 Å². The third-order valence-corrected chi connectivity index (χ3v) is 6.09. The first kappa shape index (κ1) is 17.9. The summed E-state index contributed by atoms with van der Waals surface area (Å²) < 4.78 is 0. The Balaban J connectivity index is 1.79. The van der Waals surface area contributed by atoms with Crippen molar-refractivity contribution in [3.05, 3.63) is 120 Å². The van der Waals surface area contributed by atoms with Gasteiger partial charge in [0.25, 0.3) is 0 Å². The maximum atomic E-state index is 6.53. The van der Waals surface area contributed by atoms with Crippen LogP contribution >= 0.6 is 0 Å².